The average Bonchev–Trinajstić information content (AvgIpc) is 3.01. The third kappa shape index (κ3) is 4.44. The fraction of sp³-hybridized carbons (Fsp3) is 0.100. The van der Waals surface area contributed by atoms with Crippen LogP contribution in [-0.2, 0) is 0 Å². The molecular formula is C40H33N. The minimum absolute atomic E-state index is 0.131. The number of nitrogens with zero attached hydrogens (tertiary/aromatic N) is 1. The lowest BCUT2D eigenvalue weighted by Crippen LogP contribution is -2.37. The summed E-state index contributed by atoms with van der Waals surface area (Å²) in [4.78, 5) is 2.46. The van der Waals surface area contributed by atoms with Crippen molar-refractivity contribution in [1.82, 2.24) is 0 Å². The van der Waals surface area contributed by atoms with Gasteiger partial charge in [0.25, 0.3) is 0 Å². The van der Waals surface area contributed by atoms with Gasteiger partial charge in [0.05, 0.1) is 0 Å². The van der Waals surface area contributed by atoms with Crippen LogP contribution in [0.2, 0.25) is 0 Å². The summed E-state index contributed by atoms with van der Waals surface area (Å²) in [6, 6.07) is 53.1. The minimum Gasteiger partial charge on any atom is -0.336 e. The van der Waals surface area contributed by atoms with E-state index in [9.17, 15) is 0 Å². The summed E-state index contributed by atoms with van der Waals surface area (Å²) in [7, 11) is 0. The molecule has 0 heterocycles. The van der Waals surface area contributed by atoms with E-state index in [2.05, 4.69) is 171 Å². The van der Waals surface area contributed by atoms with Gasteiger partial charge in [0.2, 0.25) is 0 Å². The van der Waals surface area contributed by atoms with Crippen LogP contribution in [0.3, 0.4) is 0 Å². The molecule has 6 aromatic rings. The number of benzene rings is 6. The zero-order valence-corrected chi connectivity index (χ0v) is 23.8. The molecule has 0 aromatic heterocycles. The van der Waals surface area contributed by atoms with Crippen LogP contribution >= 0.6 is 0 Å². The summed E-state index contributed by atoms with van der Waals surface area (Å²) < 4.78 is 0. The topological polar surface area (TPSA) is 3.24 Å². The Kier molecular flexibility index (Phi) is 6.09. The fourth-order valence-corrected chi connectivity index (χ4v) is 6.34. The van der Waals surface area contributed by atoms with Crippen molar-refractivity contribution in [1.29, 1.82) is 0 Å². The molecule has 41 heavy (non-hydrogen) atoms. The molecule has 1 aliphatic rings. The molecule has 0 spiro atoms. The number of anilines is 2. The van der Waals surface area contributed by atoms with E-state index >= 15 is 0 Å². The highest BCUT2D eigenvalue weighted by molar-refractivity contribution is 6.03. The molecule has 1 heteroatoms. The van der Waals surface area contributed by atoms with E-state index in [0.29, 0.717) is 0 Å². The molecule has 198 valence electrons. The number of rotatable bonds is 3. The molecule has 0 fully saturated rings. The molecule has 0 N–H and O–H groups in total. The molecule has 0 saturated heterocycles. The van der Waals surface area contributed by atoms with Gasteiger partial charge in [-0.3, -0.25) is 0 Å². The Bertz CT molecular complexity index is 1850. The van der Waals surface area contributed by atoms with Crippen molar-refractivity contribution in [2.24, 2.45) is 0 Å². The van der Waals surface area contributed by atoms with Crippen LogP contribution in [0, 0.1) is 0 Å². The third-order valence-electron chi connectivity index (χ3n) is 8.11. The second kappa shape index (κ2) is 9.94. The Labute approximate surface area is 243 Å². The van der Waals surface area contributed by atoms with Crippen LogP contribution in [0.1, 0.15) is 20.8 Å². The van der Waals surface area contributed by atoms with Gasteiger partial charge in [-0.15, -0.1) is 0 Å². The van der Waals surface area contributed by atoms with E-state index in [4.69, 9.17) is 0 Å². The molecule has 6 aromatic carbocycles. The van der Waals surface area contributed by atoms with Gasteiger partial charge in [-0.2, -0.15) is 0 Å². The lowest BCUT2D eigenvalue weighted by atomic mass is 9.80. The van der Waals surface area contributed by atoms with Crippen LogP contribution in [-0.4, -0.2) is 5.54 Å². The van der Waals surface area contributed by atoms with Gasteiger partial charge in [0.15, 0.2) is 0 Å². The second-order valence-corrected chi connectivity index (χ2v) is 11.8. The molecule has 7 rings (SSSR count). The lowest BCUT2D eigenvalue weighted by Gasteiger charge is -2.38. The van der Waals surface area contributed by atoms with Crippen LogP contribution in [0.15, 0.2) is 146 Å². The first-order valence-corrected chi connectivity index (χ1v) is 14.4. The largest absolute Gasteiger partial charge is 0.336 e. The highest BCUT2D eigenvalue weighted by Crippen LogP contribution is 2.49. The number of fused-ring (bicyclic) bond motifs is 8. The van der Waals surface area contributed by atoms with Crippen molar-refractivity contribution in [3.63, 3.8) is 0 Å². The predicted octanol–water partition coefficient (Wildman–Crippen LogP) is 11.3. The first kappa shape index (κ1) is 25.1. The standard InChI is InChI=1S/C40H33N/c1-40(2,3)41(30-23-21-29(22-24-30)28-13-5-4-6-14-28)31-25-26-38-36-19-10-9-17-34(36)32-15-7-8-16-33(32)35-18-11-12-20-37(35)39(38)27-31/h4-27H,1-3H3. The summed E-state index contributed by atoms with van der Waals surface area (Å²) in [6.45, 7) is 6.86. The summed E-state index contributed by atoms with van der Waals surface area (Å²) in [5.74, 6) is 0. The van der Waals surface area contributed by atoms with Crippen LogP contribution in [0.5, 0.6) is 0 Å². The van der Waals surface area contributed by atoms with Gasteiger partial charge in [-0.25, -0.2) is 0 Å². The van der Waals surface area contributed by atoms with E-state index in [1.54, 1.807) is 0 Å². The van der Waals surface area contributed by atoms with E-state index < -0.39 is 0 Å². The maximum absolute atomic E-state index is 2.46. The lowest BCUT2D eigenvalue weighted by molar-refractivity contribution is 0.560. The van der Waals surface area contributed by atoms with Crippen molar-refractivity contribution in [3.8, 4) is 55.6 Å². The monoisotopic (exact) mass is 527 g/mol. The zero-order valence-electron chi connectivity index (χ0n) is 23.8. The van der Waals surface area contributed by atoms with E-state index in [1.807, 2.05) is 0 Å². The number of hydrogen-bond acceptors (Lipinski definition) is 1. The normalized spacial score (nSPS) is 11.8. The van der Waals surface area contributed by atoms with Gasteiger partial charge < -0.3 is 4.90 Å². The zero-order chi connectivity index (χ0) is 28.0. The Morgan fingerprint density at radius 1 is 0.341 bits per heavy atom. The van der Waals surface area contributed by atoms with E-state index in [-0.39, 0.29) is 5.54 Å². The average molecular weight is 528 g/mol. The number of hydrogen-bond donors (Lipinski definition) is 0. The molecule has 1 nitrogen and oxygen atoms in total. The SMILES string of the molecule is CC(C)(C)N(c1ccc(-c2ccccc2)cc1)c1ccc2c(c1)-c1ccccc1-c1ccccc1-c1ccccc1-2. The summed E-state index contributed by atoms with van der Waals surface area (Å²) in [6.07, 6.45) is 0. The van der Waals surface area contributed by atoms with Crippen LogP contribution in [0.4, 0.5) is 11.4 Å². The molecule has 0 bridgehead atoms. The third-order valence-corrected chi connectivity index (χ3v) is 8.11. The van der Waals surface area contributed by atoms with Crippen LogP contribution < -0.4 is 4.90 Å². The van der Waals surface area contributed by atoms with Gasteiger partial charge in [-0.1, -0.05) is 121 Å². The predicted molar refractivity (Wildman–Crippen MR) is 176 cm³/mol. The van der Waals surface area contributed by atoms with E-state index in [0.717, 1.165) is 0 Å². The van der Waals surface area contributed by atoms with Crippen molar-refractivity contribution in [2.45, 2.75) is 26.3 Å². The fourth-order valence-electron chi connectivity index (χ4n) is 6.34. The Morgan fingerprint density at radius 3 is 1.17 bits per heavy atom. The van der Waals surface area contributed by atoms with Crippen molar-refractivity contribution in [2.75, 3.05) is 4.90 Å². The molecule has 1 aliphatic carbocycles. The highest BCUT2D eigenvalue weighted by Gasteiger charge is 2.27. The van der Waals surface area contributed by atoms with E-state index in [1.165, 1.54) is 67.0 Å². The minimum atomic E-state index is -0.131. The Morgan fingerprint density at radius 2 is 0.707 bits per heavy atom. The van der Waals surface area contributed by atoms with Crippen molar-refractivity contribution >= 4 is 11.4 Å². The molecule has 0 saturated carbocycles. The second-order valence-electron chi connectivity index (χ2n) is 11.8. The van der Waals surface area contributed by atoms with Gasteiger partial charge in [0.1, 0.15) is 0 Å². The highest BCUT2D eigenvalue weighted by atomic mass is 15.2. The van der Waals surface area contributed by atoms with Crippen molar-refractivity contribution in [3.05, 3.63) is 146 Å². The summed E-state index contributed by atoms with van der Waals surface area (Å²) in [5.41, 5.74) is 14.8. The quantitative estimate of drug-likeness (QED) is 0.221. The van der Waals surface area contributed by atoms with Crippen LogP contribution in [0.25, 0.3) is 55.6 Å². The maximum Gasteiger partial charge on any atom is 0.0422 e. The van der Waals surface area contributed by atoms with Gasteiger partial charge >= 0.3 is 0 Å². The molecule has 0 aliphatic heterocycles. The molecule has 0 atom stereocenters. The smallest absolute Gasteiger partial charge is 0.0422 e. The Balaban J connectivity index is 1.43. The van der Waals surface area contributed by atoms with Crippen molar-refractivity contribution < 1.29 is 0 Å². The molecule has 0 radical (unpaired) electrons. The first-order chi connectivity index (χ1) is 20.0. The van der Waals surface area contributed by atoms with Gasteiger partial charge in [-0.05, 0) is 101 Å². The maximum atomic E-state index is 2.46. The van der Waals surface area contributed by atoms with Gasteiger partial charge in [0, 0.05) is 16.9 Å². The molecule has 0 amide bonds. The Hall–Kier alpha value is -4.88. The summed E-state index contributed by atoms with van der Waals surface area (Å²) in [5, 5.41) is 0. The summed E-state index contributed by atoms with van der Waals surface area (Å²) >= 11 is 0. The first-order valence-electron chi connectivity index (χ1n) is 14.4. The molecular weight excluding hydrogens is 494 g/mol. The molecule has 0 unspecified atom stereocenters.